The van der Waals surface area contributed by atoms with Gasteiger partial charge in [-0.3, -0.25) is 4.79 Å². The van der Waals surface area contributed by atoms with Crippen molar-refractivity contribution in [1.82, 2.24) is 4.90 Å². The second-order valence-electron chi connectivity index (χ2n) is 4.85. The second-order valence-corrected chi connectivity index (χ2v) is 4.85. The van der Waals surface area contributed by atoms with Crippen LogP contribution in [-0.2, 0) is 16.1 Å². The lowest BCUT2D eigenvalue weighted by Gasteiger charge is -2.24. The predicted molar refractivity (Wildman–Crippen MR) is 71.1 cm³/mol. The molecule has 1 fully saturated rings. The molecule has 2 unspecified atom stereocenters. The molecule has 0 N–H and O–H groups in total. The Morgan fingerprint density at radius 1 is 1.33 bits per heavy atom. The van der Waals surface area contributed by atoms with Crippen molar-refractivity contribution in [2.45, 2.75) is 45.4 Å². The number of amides is 1. The summed E-state index contributed by atoms with van der Waals surface area (Å²) in [6, 6.07) is 10.1. The van der Waals surface area contributed by atoms with Gasteiger partial charge in [0.05, 0.1) is 6.10 Å². The minimum atomic E-state index is -0.233. The molecule has 1 aromatic carbocycles. The Balaban J connectivity index is 1.98. The molecule has 0 aliphatic carbocycles. The second kappa shape index (κ2) is 6.01. The van der Waals surface area contributed by atoms with Crippen LogP contribution in [0.4, 0.5) is 0 Å². The van der Waals surface area contributed by atoms with Gasteiger partial charge in [-0.25, -0.2) is 0 Å². The van der Waals surface area contributed by atoms with Crippen LogP contribution in [0.5, 0.6) is 0 Å². The number of hydrogen-bond acceptors (Lipinski definition) is 2. The number of nitrogens with zero attached hydrogens (tertiary/aromatic N) is 1. The fourth-order valence-corrected chi connectivity index (χ4v) is 2.34. The van der Waals surface area contributed by atoms with Crippen LogP contribution in [-0.4, -0.2) is 29.6 Å². The lowest BCUT2D eigenvalue weighted by atomic mass is 10.1. The van der Waals surface area contributed by atoms with E-state index in [9.17, 15) is 4.79 Å². The molecule has 0 saturated carbocycles. The van der Waals surface area contributed by atoms with Gasteiger partial charge in [0.25, 0.3) is 5.91 Å². The molecule has 0 spiro atoms. The molecule has 3 nitrogen and oxygen atoms in total. The van der Waals surface area contributed by atoms with E-state index in [0.29, 0.717) is 6.54 Å². The summed E-state index contributed by atoms with van der Waals surface area (Å²) in [5, 5.41) is 0. The number of ether oxygens (including phenoxy) is 1. The Labute approximate surface area is 109 Å². The lowest BCUT2D eigenvalue weighted by Crippen LogP contribution is -2.38. The molecule has 1 aromatic rings. The zero-order chi connectivity index (χ0) is 13.0. The van der Waals surface area contributed by atoms with Crippen molar-refractivity contribution in [3.63, 3.8) is 0 Å². The third-order valence-electron chi connectivity index (χ3n) is 3.42. The molecule has 98 valence electrons. The van der Waals surface area contributed by atoms with E-state index in [1.165, 1.54) is 5.56 Å². The van der Waals surface area contributed by atoms with Gasteiger partial charge in [-0.15, -0.1) is 0 Å². The van der Waals surface area contributed by atoms with E-state index in [0.717, 1.165) is 19.4 Å². The Morgan fingerprint density at radius 3 is 2.61 bits per heavy atom. The summed E-state index contributed by atoms with van der Waals surface area (Å²) in [5.74, 6) is 0.130. The average Bonchev–Trinajstić information content (AvgIpc) is 2.83. The molecule has 1 aliphatic heterocycles. The Morgan fingerprint density at radius 2 is 2.06 bits per heavy atom. The van der Waals surface area contributed by atoms with Crippen LogP contribution in [0, 0.1) is 0 Å². The Hall–Kier alpha value is -1.35. The molecule has 18 heavy (non-hydrogen) atoms. The summed E-state index contributed by atoms with van der Waals surface area (Å²) in [7, 11) is 0. The smallest absolute Gasteiger partial charge is 0.252 e. The van der Waals surface area contributed by atoms with Gasteiger partial charge in [0, 0.05) is 13.1 Å². The molecule has 2 rings (SSSR count). The third kappa shape index (κ3) is 3.10. The van der Waals surface area contributed by atoms with Gasteiger partial charge in [-0.1, -0.05) is 30.3 Å². The van der Waals surface area contributed by atoms with E-state index in [-0.39, 0.29) is 18.1 Å². The van der Waals surface area contributed by atoms with Gasteiger partial charge in [0.2, 0.25) is 0 Å². The van der Waals surface area contributed by atoms with Crippen LogP contribution in [0.3, 0.4) is 0 Å². The molecule has 0 aromatic heterocycles. The standard InChI is InChI=1S/C15H21NO2/c1-3-16(11-13-7-5-4-6-8-13)15(17)14-10-9-12(2)18-14/h4-8,12,14H,3,9-11H2,1-2H3. The van der Waals surface area contributed by atoms with Crippen LogP contribution in [0.15, 0.2) is 30.3 Å². The summed E-state index contributed by atoms with van der Waals surface area (Å²) in [6.45, 7) is 5.44. The quantitative estimate of drug-likeness (QED) is 0.818. The summed E-state index contributed by atoms with van der Waals surface area (Å²) in [4.78, 5) is 14.2. The maximum atomic E-state index is 12.3. The molecule has 3 heteroatoms. The highest BCUT2D eigenvalue weighted by Gasteiger charge is 2.30. The molecular weight excluding hydrogens is 226 g/mol. The minimum Gasteiger partial charge on any atom is -0.365 e. The molecule has 1 heterocycles. The van der Waals surface area contributed by atoms with Crippen LogP contribution < -0.4 is 0 Å². The first-order valence-corrected chi connectivity index (χ1v) is 6.69. The van der Waals surface area contributed by atoms with Crippen molar-refractivity contribution >= 4 is 5.91 Å². The summed E-state index contributed by atoms with van der Waals surface area (Å²) < 4.78 is 5.65. The molecule has 1 aliphatic rings. The predicted octanol–water partition coefficient (Wildman–Crippen LogP) is 2.60. The molecule has 0 radical (unpaired) electrons. The largest absolute Gasteiger partial charge is 0.365 e. The zero-order valence-electron chi connectivity index (χ0n) is 11.1. The van der Waals surface area contributed by atoms with E-state index in [1.807, 2.05) is 49.1 Å². The maximum Gasteiger partial charge on any atom is 0.252 e. The van der Waals surface area contributed by atoms with Crippen LogP contribution >= 0.6 is 0 Å². The van der Waals surface area contributed by atoms with E-state index in [4.69, 9.17) is 4.74 Å². The first-order chi connectivity index (χ1) is 8.70. The number of rotatable bonds is 4. The minimum absolute atomic E-state index is 0.130. The van der Waals surface area contributed by atoms with Gasteiger partial charge in [-0.2, -0.15) is 0 Å². The molecule has 1 amide bonds. The van der Waals surface area contributed by atoms with Crippen molar-refractivity contribution in [2.75, 3.05) is 6.54 Å². The Bertz CT molecular complexity index is 391. The molecular formula is C15H21NO2. The monoisotopic (exact) mass is 247 g/mol. The maximum absolute atomic E-state index is 12.3. The van der Waals surface area contributed by atoms with E-state index < -0.39 is 0 Å². The fourth-order valence-electron chi connectivity index (χ4n) is 2.34. The van der Waals surface area contributed by atoms with Crippen molar-refractivity contribution in [3.05, 3.63) is 35.9 Å². The summed E-state index contributed by atoms with van der Waals surface area (Å²) in [5.41, 5.74) is 1.17. The normalized spacial score (nSPS) is 23.0. The zero-order valence-corrected chi connectivity index (χ0v) is 11.1. The summed E-state index contributed by atoms with van der Waals surface area (Å²) >= 11 is 0. The SMILES string of the molecule is CCN(Cc1ccccc1)C(=O)C1CCC(C)O1. The number of carbonyl (C=O) groups is 1. The topological polar surface area (TPSA) is 29.5 Å². The first-order valence-electron chi connectivity index (χ1n) is 6.69. The van der Waals surface area contributed by atoms with Gasteiger partial charge in [-0.05, 0) is 32.3 Å². The van der Waals surface area contributed by atoms with Crippen molar-refractivity contribution in [1.29, 1.82) is 0 Å². The van der Waals surface area contributed by atoms with Crippen molar-refractivity contribution in [3.8, 4) is 0 Å². The van der Waals surface area contributed by atoms with Gasteiger partial charge in [0.1, 0.15) is 6.10 Å². The lowest BCUT2D eigenvalue weighted by molar-refractivity contribution is -0.143. The highest BCUT2D eigenvalue weighted by Crippen LogP contribution is 2.21. The van der Waals surface area contributed by atoms with Crippen molar-refractivity contribution < 1.29 is 9.53 Å². The molecule has 1 saturated heterocycles. The number of benzene rings is 1. The van der Waals surface area contributed by atoms with E-state index >= 15 is 0 Å². The highest BCUT2D eigenvalue weighted by molar-refractivity contribution is 5.81. The van der Waals surface area contributed by atoms with Gasteiger partial charge >= 0.3 is 0 Å². The number of hydrogen-bond donors (Lipinski definition) is 0. The highest BCUT2D eigenvalue weighted by atomic mass is 16.5. The van der Waals surface area contributed by atoms with E-state index in [1.54, 1.807) is 0 Å². The average molecular weight is 247 g/mol. The summed E-state index contributed by atoms with van der Waals surface area (Å²) in [6.07, 6.45) is 1.82. The van der Waals surface area contributed by atoms with Crippen LogP contribution in [0.25, 0.3) is 0 Å². The molecule has 2 atom stereocenters. The molecule has 0 bridgehead atoms. The van der Waals surface area contributed by atoms with Gasteiger partial charge in [0.15, 0.2) is 0 Å². The van der Waals surface area contributed by atoms with E-state index in [2.05, 4.69) is 0 Å². The van der Waals surface area contributed by atoms with Crippen molar-refractivity contribution in [2.24, 2.45) is 0 Å². The number of likely N-dealkylation sites (N-methyl/N-ethyl adjacent to an activating group) is 1. The van der Waals surface area contributed by atoms with Crippen LogP contribution in [0.2, 0.25) is 0 Å². The Kier molecular flexibility index (Phi) is 4.37. The number of carbonyl (C=O) groups excluding carboxylic acids is 1. The van der Waals surface area contributed by atoms with Gasteiger partial charge < -0.3 is 9.64 Å². The fraction of sp³-hybridized carbons (Fsp3) is 0.533. The first kappa shape index (κ1) is 13.1. The third-order valence-corrected chi connectivity index (χ3v) is 3.42. The van der Waals surface area contributed by atoms with Crippen LogP contribution in [0.1, 0.15) is 32.3 Å².